The summed E-state index contributed by atoms with van der Waals surface area (Å²) in [5.41, 5.74) is 1.03. The maximum absolute atomic E-state index is 14.9. The Morgan fingerprint density at radius 3 is 2.52 bits per heavy atom. The molecule has 1 aliphatic heterocycles. The number of allylic oxidation sites excluding steroid dienone is 3. The number of nitrogens with zero attached hydrogens (tertiary/aromatic N) is 2. The van der Waals surface area contributed by atoms with E-state index in [9.17, 15) is 18.4 Å². The number of halogens is 2. The second-order valence-corrected chi connectivity index (χ2v) is 7.89. The fourth-order valence-electron chi connectivity index (χ4n) is 4.33. The number of dihydropyridines is 1. The van der Waals surface area contributed by atoms with Gasteiger partial charge in [0, 0.05) is 34.9 Å². The number of imidazole rings is 1. The Hall–Kier alpha value is -3.29. The van der Waals surface area contributed by atoms with Gasteiger partial charge < -0.3 is 10.1 Å². The molecule has 2 aliphatic rings. The van der Waals surface area contributed by atoms with Gasteiger partial charge in [0.2, 0.25) is 0 Å². The summed E-state index contributed by atoms with van der Waals surface area (Å²) in [6, 6.07) is 3.02. The SMILES string of the molecule is CC1=C(C(=O)OC2CCCC2)C(c2cc(F)ccc2F)C(C(=O)n2ccnc2)=C(C)N1. The van der Waals surface area contributed by atoms with E-state index in [0.717, 1.165) is 43.9 Å². The molecule has 1 atom stereocenters. The van der Waals surface area contributed by atoms with Gasteiger partial charge in [-0.25, -0.2) is 18.6 Å². The van der Waals surface area contributed by atoms with Gasteiger partial charge in [-0.1, -0.05) is 0 Å². The van der Waals surface area contributed by atoms with Crippen LogP contribution in [-0.2, 0) is 9.53 Å². The Labute approximate surface area is 178 Å². The number of ether oxygens (including phenoxy) is 1. The molecule has 0 saturated heterocycles. The summed E-state index contributed by atoms with van der Waals surface area (Å²) in [4.78, 5) is 30.4. The average Bonchev–Trinajstić information content (AvgIpc) is 3.43. The third-order valence-corrected chi connectivity index (χ3v) is 5.79. The van der Waals surface area contributed by atoms with Gasteiger partial charge in [-0.2, -0.15) is 0 Å². The van der Waals surface area contributed by atoms with E-state index in [0.29, 0.717) is 11.4 Å². The van der Waals surface area contributed by atoms with Crippen molar-refractivity contribution in [1.29, 1.82) is 0 Å². The molecule has 0 spiro atoms. The highest BCUT2D eigenvalue weighted by molar-refractivity contribution is 6.03. The predicted molar refractivity (Wildman–Crippen MR) is 109 cm³/mol. The Bertz CT molecular complexity index is 1080. The number of rotatable bonds is 4. The van der Waals surface area contributed by atoms with E-state index in [4.69, 9.17) is 4.74 Å². The van der Waals surface area contributed by atoms with Crippen molar-refractivity contribution in [3.8, 4) is 0 Å². The van der Waals surface area contributed by atoms with E-state index in [-0.39, 0.29) is 22.8 Å². The molecule has 0 radical (unpaired) electrons. The number of hydrogen-bond acceptors (Lipinski definition) is 5. The molecule has 1 aliphatic carbocycles. The van der Waals surface area contributed by atoms with Gasteiger partial charge in [0.25, 0.3) is 5.91 Å². The minimum absolute atomic E-state index is 0.0953. The van der Waals surface area contributed by atoms with Crippen LogP contribution < -0.4 is 5.32 Å². The standard InChI is InChI=1S/C23H23F2N3O3/c1-13-19(22(29)28-10-9-26-12-28)21(17-11-15(24)7-8-18(17)25)20(14(2)27-13)23(30)31-16-5-3-4-6-16/h7-12,16,21,27H,3-6H2,1-2H3. The van der Waals surface area contributed by atoms with Gasteiger partial charge in [0.15, 0.2) is 0 Å². The van der Waals surface area contributed by atoms with Gasteiger partial charge in [0.1, 0.15) is 24.1 Å². The normalized spacial score (nSPS) is 19.5. The van der Waals surface area contributed by atoms with Crippen molar-refractivity contribution in [2.24, 2.45) is 0 Å². The third-order valence-electron chi connectivity index (χ3n) is 5.79. The Kier molecular flexibility index (Phi) is 5.71. The maximum Gasteiger partial charge on any atom is 0.337 e. The Balaban J connectivity index is 1.84. The van der Waals surface area contributed by atoms with E-state index in [1.54, 1.807) is 13.8 Å². The second-order valence-electron chi connectivity index (χ2n) is 7.89. The fraction of sp³-hybridized carbons (Fsp3) is 0.348. The zero-order valence-electron chi connectivity index (χ0n) is 17.3. The molecule has 1 aromatic heterocycles. The van der Waals surface area contributed by atoms with Crippen LogP contribution in [0.5, 0.6) is 0 Å². The number of esters is 1. The summed E-state index contributed by atoms with van der Waals surface area (Å²) in [6.45, 7) is 3.33. The van der Waals surface area contributed by atoms with Crippen LogP contribution in [-0.4, -0.2) is 27.5 Å². The lowest BCUT2D eigenvalue weighted by Crippen LogP contribution is -2.34. The topological polar surface area (TPSA) is 73.2 Å². The van der Waals surface area contributed by atoms with Crippen molar-refractivity contribution in [3.05, 3.63) is 76.7 Å². The van der Waals surface area contributed by atoms with Crippen molar-refractivity contribution < 1.29 is 23.1 Å². The van der Waals surface area contributed by atoms with Gasteiger partial charge in [0.05, 0.1) is 11.5 Å². The lowest BCUT2D eigenvalue weighted by atomic mass is 9.79. The van der Waals surface area contributed by atoms with E-state index in [2.05, 4.69) is 10.3 Å². The predicted octanol–water partition coefficient (Wildman–Crippen LogP) is 4.22. The highest BCUT2D eigenvalue weighted by atomic mass is 19.1. The quantitative estimate of drug-likeness (QED) is 0.740. The first-order valence-electron chi connectivity index (χ1n) is 10.2. The molecular weight excluding hydrogens is 404 g/mol. The van der Waals surface area contributed by atoms with Crippen LogP contribution in [0.2, 0.25) is 0 Å². The number of nitrogens with one attached hydrogen (secondary N) is 1. The summed E-state index contributed by atoms with van der Waals surface area (Å²) in [5, 5.41) is 3.05. The second kappa shape index (κ2) is 8.45. The number of hydrogen-bond donors (Lipinski definition) is 1. The number of aromatic nitrogens is 2. The first-order chi connectivity index (χ1) is 14.9. The molecule has 0 amide bonds. The molecule has 6 nitrogen and oxygen atoms in total. The van der Waals surface area contributed by atoms with Crippen LogP contribution >= 0.6 is 0 Å². The molecule has 8 heteroatoms. The summed E-state index contributed by atoms with van der Waals surface area (Å²) in [5.74, 6) is -3.62. The molecule has 162 valence electrons. The molecule has 1 N–H and O–H groups in total. The molecule has 2 aromatic rings. The lowest BCUT2D eigenvalue weighted by Gasteiger charge is -2.31. The van der Waals surface area contributed by atoms with E-state index < -0.39 is 29.4 Å². The van der Waals surface area contributed by atoms with Crippen LogP contribution in [0.4, 0.5) is 8.78 Å². The number of carbonyl (C=O) groups is 2. The highest BCUT2D eigenvalue weighted by Gasteiger charge is 2.40. The summed E-state index contributed by atoms with van der Waals surface area (Å²) in [6.07, 6.45) is 7.48. The molecule has 0 bridgehead atoms. The summed E-state index contributed by atoms with van der Waals surface area (Å²) >= 11 is 0. The van der Waals surface area contributed by atoms with Crippen molar-refractivity contribution in [3.63, 3.8) is 0 Å². The minimum Gasteiger partial charge on any atom is -0.459 e. The molecule has 1 unspecified atom stereocenters. The average molecular weight is 427 g/mol. The Morgan fingerprint density at radius 2 is 1.84 bits per heavy atom. The third kappa shape index (κ3) is 4.02. The fourth-order valence-corrected chi connectivity index (χ4v) is 4.33. The van der Waals surface area contributed by atoms with Crippen molar-refractivity contribution in [2.75, 3.05) is 0 Å². The number of carbonyl (C=O) groups excluding carboxylic acids is 2. The van der Waals surface area contributed by atoms with E-state index >= 15 is 0 Å². The highest BCUT2D eigenvalue weighted by Crippen LogP contribution is 2.41. The van der Waals surface area contributed by atoms with Crippen molar-refractivity contribution >= 4 is 11.9 Å². The van der Waals surface area contributed by atoms with Gasteiger partial charge >= 0.3 is 5.97 Å². The molecule has 4 rings (SSSR count). The van der Waals surface area contributed by atoms with Crippen LogP contribution in [0.15, 0.2) is 59.5 Å². The van der Waals surface area contributed by atoms with Crippen molar-refractivity contribution in [2.45, 2.75) is 51.6 Å². The Morgan fingerprint density at radius 1 is 1.13 bits per heavy atom. The molecule has 31 heavy (non-hydrogen) atoms. The minimum atomic E-state index is -1.12. The van der Waals surface area contributed by atoms with E-state index in [1.165, 1.54) is 23.3 Å². The molecule has 1 aromatic carbocycles. The first kappa shape index (κ1) is 21.0. The van der Waals surface area contributed by atoms with Gasteiger partial charge in [-0.15, -0.1) is 0 Å². The first-order valence-corrected chi connectivity index (χ1v) is 10.2. The van der Waals surface area contributed by atoms with Crippen molar-refractivity contribution in [1.82, 2.24) is 14.9 Å². The summed E-state index contributed by atoms with van der Waals surface area (Å²) in [7, 11) is 0. The van der Waals surface area contributed by atoms with Gasteiger partial charge in [-0.3, -0.25) is 9.36 Å². The largest absolute Gasteiger partial charge is 0.459 e. The molecule has 2 heterocycles. The molecular formula is C23H23F2N3O3. The van der Waals surface area contributed by atoms with Gasteiger partial charge in [-0.05, 0) is 57.7 Å². The monoisotopic (exact) mass is 427 g/mol. The maximum atomic E-state index is 14.9. The molecule has 1 saturated carbocycles. The smallest absolute Gasteiger partial charge is 0.337 e. The van der Waals surface area contributed by atoms with Crippen LogP contribution in [0.3, 0.4) is 0 Å². The lowest BCUT2D eigenvalue weighted by molar-refractivity contribution is -0.144. The number of benzene rings is 1. The zero-order chi connectivity index (χ0) is 22.1. The zero-order valence-corrected chi connectivity index (χ0v) is 17.3. The van der Waals surface area contributed by atoms with Crippen LogP contribution in [0.1, 0.15) is 55.8 Å². The van der Waals surface area contributed by atoms with Crippen LogP contribution in [0, 0.1) is 11.6 Å². The van der Waals surface area contributed by atoms with Crippen LogP contribution in [0.25, 0.3) is 0 Å². The summed E-state index contributed by atoms with van der Waals surface area (Å²) < 4.78 is 36.0. The van der Waals surface area contributed by atoms with E-state index in [1.807, 2.05) is 0 Å². The molecule has 1 fully saturated rings.